The molecule has 1 aromatic carbocycles. The Morgan fingerprint density at radius 1 is 1.10 bits per heavy atom. The molecule has 3 nitrogen and oxygen atoms in total. The number of hydrogen-bond acceptors (Lipinski definition) is 3. The third-order valence-electron chi connectivity index (χ3n) is 2.82. The molecule has 1 aromatic heterocycles. The van der Waals surface area contributed by atoms with Gasteiger partial charge in [-0.1, -0.05) is 35.0 Å². The highest BCUT2D eigenvalue weighted by molar-refractivity contribution is 9.10. The number of nitrogens with zero attached hydrogens (tertiary/aromatic N) is 1. The average Bonchev–Trinajstić information content (AvgIpc) is 2.45. The summed E-state index contributed by atoms with van der Waals surface area (Å²) in [5, 5.41) is 5.72. The Balaban J connectivity index is 2.11. The van der Waals surface area contributed by atoms with Gasteiger partial charge in [-0.15, -0.1) is 0 Å². The summed E-state index contributed by atoms with van der Waals surface area (Å²) in [5.41, 5.74) is 0.970. The van der Waals surface area contributed by atoms with Crippen LogP contribution < -0.4 is 10.6 Å². The molecule has 0 fully saturated rings. The zero-order valence-corrected chi connectivity index (χ0v) is 13.2. The molecule has 0 saturated heterocycles. The quantitative estimate of drug-likeness (QED) is 0.797. The van der Waals surface area contributed by atoms with E-state index in [1.165, 1.54) is 0 Å². The monoisotopic (exact) mass is 355 g/mol. The highest BCUT2D eigenvalue weighted by Gasteiger charge is 2.11. The number of benzene rings is 1. The number of nitrogens with one attached hydrogen (secondary N) is 2. The van der Waals surface area contributed by atoms with Crippen molar-refractivity contribution in [2.45, 2.75) is 19.9 Å². The molecule has 2 N–H and O–H groups in total. The van der Waals surface area contributed by atoms with E-state index in [1.807, 2.05) is 31.2 Å². The summed E-state index contributed by atoms with van der Waals surface area (Å²) in [6.07, 6.45) is 0.833. The van der Waals surface area contributed by atoms with Crippen molar-refractivity contribution in [2.75, 3.05) is 17.2 Å². The molecule has 0 amide bonds. The first-order chi connectivity index (χ1) is 10.1. The van der Waals surface area contributed by atoms with Gasteiger partial charge < -0.3 is 10.6 Å². The SMILES string of the molecule is CCCNc1nc(NCc2cccc(Br)c2)c(F)cc1F. The van der Waals surface area contributed by atoms with Crippen molar-refractivity contribution in [1.29, 1.82) is 0 Å². The number of pyridine rings is 1. The van der Waals surface area contributed by atoms with Crippen molar-refractivity contribution < 1.29 is 8.78 Å². The van der Waals surface area contributed by atoms with E-state index in [0.717, 1.165) is 22.5 Å². The van der Waals surface area contributed by atoms with E-state index >= 15 is 0 Å². The maximum Gasteiger partial charge on any atom is 0.168 e. The summed E-state index contributed by atoms with van der Waals surface area (Å²) < 4.78 is 28.2. The van der Waals surface area contributed by atoms with Gasteiger partial charge in [0.2, 0.25) is 0 Å². The van der Waals surface area contributed by atoms with Gasteiger partial charge in [0, 0.05) is 23.6 Å². The standard InChI is InChI=1S/C15H16BrF2N3/c1-2-6-19-14-12(17)8-13(18)15(21-14)20-9-10-4-3-5-11(16)7-10/h3-5,7-8H,2,6,9H2,1H3,(H2,19,20,21). The lowest BCUT2D eigenvalue weighted by Gasteiger charge is -2.11. The van der Waals surface area contributed by atoms with Gasteiger partial charge in [-0.05, 0) is 24.1 Å². The number of anilines is 2. The van der Waals surface area contributed by atoms with Crippen LogP contribution in [0.15, 0.2) is 34.8 Å². The van der Waals surface area contributed by atoms with Gasteiger partial charge in [0.1, 0.15) is 0 Å². The highest BCUT2D eigenvalue weighted by atomic mass is 79.9. The van der Waals surface area contributed by atoms with Gasteiger partial charge in [0.25, 0.3) is 0 Å². The number of hydrogen-bond donors (Lipinski definition) is 2. The van der Waals surface area contributed by atoms with E-state index in [-0.39, 0.29) is 11.6 Å². The van der Waals surface area contributed by atoms with Crippen LogP contribution in [-0.4, -0.2) is 11.5 Å². The van der Waals surface area contributed by atoms with Crippen molar-refractivity contribution >= 4 is 27.6 Å². The maximum absolute atomic E-state index is 13.7. The van der Waals surface area contributed by atoms with Gasteiger partial charge in [-0.25, -0.2) is 13.8 Å². The first kappa shape index (κ1) is 15.7. The highest BCUT2D eigenvalue weighted by Crippen LogP contribution is 2.20. The fourth-order valence-electron chi connectivity index (χ4n) is 1.79. The van der Waals surface area contributed by atoms with Gasteiger partial charge in [0.05, 0.1) is 0 Å². The van der Waals surface area contributed by atoms with Gasteiger partial charge in [0.15, 0.2) is 23.3 Å². The smallest absolute Gasteiger partial charge is 0.168 e. The predicted octanol–water partition coefficient (Wildman–Crippen LogP) is 4.56. The normalized spacial score (nSPS) is 10.5. The average molecular weight is 356 g/mol. The van der Waals surface area contributed by atoms with E-state index in [4.69, 9.17) is 0 Å². The minimum atomic E-state index is -0.704. The Labute approximate surface area is 130 Å². The van der Waals surface area contributed by atoms with Crippen LogP contribution in [0.25, 0.3) is 0 Å². The molecular formula is C15H16BrF2N3. The third kappa shape index (κ3) is 4.39. The van der Waals surface area contributed by atoms with Crippen molar-refractivity contribution in [3.8, 4) is 0 Å². The van der Waals surface area contributed by atoms with Crippen LogP contribution in [0.4, 0.5) is 20.4 Å². The minimum Gasteiger partial charge on any atom is -0.368 e. The van der Waals surface area contributed by atoms with Crippen LogP contribution in [0.3, 0.4) is 0 Å². The lowest BCUT2D eigenvalue weighted by Crippen LogP contribution is -2.09. The summed E-state index contributed by atoms with van der Waals surface area (Å²) in [6.45, 7) is 2.95. The molecule has 0 radical (unpaired) electrons. The zero-order valence-electron chi connectivity index (χ0n) is 11.6. The zero-order chi connectivity index (χ0) is 15.2. The van der Waals surface area contributed by atoms with E-state index in [2.05, 4.69) is 31.5 Å². The van der Waals surface area contributed by atoms with Crippen molar-refractivity contribution in [2.24, 2.45) is 0 Å². The Hall–Kier alpha value is -1.69. The second kappa shape index (κ2) is 7.36. The molecule has 0 aliphatic carbocycles. The molecular weight excluding hydrogens is 340 g/mol. The van der Waals surface area contributed by atoms with E-state index in [0.29, 0.717) is 13.1 Å². The summed E-state index contributed by atoms with van der Waals surface area (Å²) in [5.74, 6) is -1.29. The maximum atomic E-state index is 13.7. The fraction of sp³-hybridized carbons (Fsp3) is 0.267. The molecule has 0 aliphatic heterocycles. The molecule has 2 aromatic rings. The number of rotatable bonds is 6. The molecule has 0 spiro atoms. The topological polar surface area (TPSA) is 37.0 Å². The second-order valence-electron chi connectivity index (χ2n) is 4.56. The molecule has 112 valence electrons. The molecule has 6 heteroatoms. The summed E-state index contributed by atoms with van der Waals surface area (Å²) in [7, 11) is 0. The van der Waals surface area contributed by atoms with Crippen LogP contribution in [-0.2, 0) is 6.54 Å². The molecule has 0 bridgehead atoms. The van der Waals surface area contributed by atoms with Crippen molar-refractivity contribution in [1.82, 2.24) is 4.98 Å². The second-order valence-corrected chi connectivity index (χ2v) is 5.48. The lowest BCUT2D eigenvalue weighted by molar-refractivity contribution is 0.577. The molecule has 0 unspecified atom stereocenters. The van der Waals surface area contributed by atoms with E-state index < -0.39 is 11.6 Å². The van der Waals surface area contributed by atoms with Gasteiger partial charge in [-0.3, -0.25) is 0 Å². The molecule has 21 heavy (non-hydrogen) atoms. The van der Waals surface area contributed by atoms with Crippen LogP contribution in [0, 0.1) is 11.6 Å². The largest absolute Gasteiger partial charge is 0.368 e. The minimum absolute atomic E-state index is 0.0370. The third-order valence-corrected chi connectivity index (χ3v) is 3.31. The molecule has 0 aliphatic rings. The molecule has 1 heterocycles. The van der Waals surface area contributed by atoms with Crippen LogP contribution in [0.2, 0.25) is 0 Å². The first-order valence-electron chi connectivity index (χ1n) is 6.68. The number of halogens is 3. The van der Waals surface area contributed by atoms with E-state index in [9.17, 15) is 8.78 Å². The lowest BCUT2D eigenvalue weighted by atomic mass is 10.2. The van der Waals surface area contributed by atoms with Crippen molar-refractivity contribution in [3.63, 3.8) is 0 Å². The van der Waals surface area contributed by atoms with Crippen LogP contribution in [0.1, 0.15) is 18.9 Å². The Bertz CT molecular complexity index is 620. The van der Waals surface area contributed by atoms with E-state index in [1.54, 1.807) is 0 Å². The van der Waals surface area contributed by atoms with Crippen LogP contribution in [0.5, 0.6) is 0 Å². The fourth-order valence-corrected chi connectivity index (χ4v) is 2.24. The summed E-state index contributed by atoms with van der Waals surface area (Å²) in [4.78, 5) is 3.96. The Morgan fingerprint density at radius 2 is 1.81 bits per heavy atom. The van der Waals surface area contributed by atoms with Gasteiger partial charge in [-0.2, -0.15) is 0 Å². The number of aromatic nitrogens is 1. The Morgan fingerprint density at radius 3 is 2.48 bits per heavy atom. The predicted molar refractivity (Wildman–Crippen MR) is 84.4 cm³/mol. The van der Waals surface area contributed by atoms with Gasteiger partial charge >= 0.3 is 0 Å². The Kier molecular flexibility index (Phi) is 5.50. The molecule has 2 rings (SSSR count). The first-order valence-corrected chi connectivity index (χ1v) is 7.47. The summed E-state index contributed by atoms with van der Waals surface area (Å²) >= 11 is 3.38. The summed E-state index contributed by atoms with van der Waals surface area (Å²) in [6, 6.07) is 8.48. The van der Waals surface area contributed by atoms with Crippen LogP contribution >= 0.6 is 15.9 Å². The molecule has 0 saturated carbocycles. The molecule has 0 atom stereocenters. The van der Waals surface area contributed by atoms with Crippen molar-refractivity contribution in [3.05, 3.63) is 52.0 Å².